The fourth-order valence-corrected chi connectivity index (χ4v) is 3.69. The average Bonchev–Trinajstić information content (AvgIpc) is 2.92. The number of ether oxygens (including phenoxy) is 2. The molecule has 0 unspecified atom stereocenters. The van der Waals surface area contributed by atoms with Gasteiger partial charge < -0.3 is 14.6 Å². The monoisotopic (exact) mass is 567 g/mol. The van der Waals surface area contributed by atoms with Crippen molar-refractivity contribution in [3.63, 3.8) is 0 Å². The summed E-state index contributed by atoms with van der Waals surface area (Å²) in [5, 5.41) is 9.52. The number of alkyl halides is 2. The number of aryl methyl sites for hydroxylation is 1. The van der Waals surface area contributed by atoms with Crippen molar-refractivity contribution in [3.05, 3.63) is 105 Å². The van der Waals surface area contributed by atoms with Gasteiger partial charge in [0.05, 0.1) is 23.8 Å². The minimum atomic E-state index is -2.96. The Morgan fingerprint density at radius 3 is 2.27 bits per heavy atom. The average molecular weight is 568 g/mol. The van der Waals surface area contributed by atoms with Crippen molar-refractivity contribution < 1.29 is 28.2 Å². The van der Waals surface area contributed by atoms with Gasteiger partial charge in [0.25, 0.3) is 0 Å². The van der Waals surface area contributed by atoms with Gasteiger partial charge in [-0.1, -0.05) is 29.8 Å². The Morgan fingerprint density at radius 1 is 1.02 bits per heavy atom. The molecule has 0 saturated heterocycles. The Morgan fingerprint density at radius 2 is 1.68 bits per heavy atom. The van der Waals surface area contributed by atoms with Crippen LogP contribution in [0, 0.1) is 12.3 Å². The van der Waals surface area contributed by atoms with E-state index in [9.17, 15) is 28.3 Å². The maximum Gasteiger partial charge on any atom is 0.387 e. The number of aliphatic carboxylic acids is 1. The molecular formula is C28H27F2N5O6. The predicted octanol–water partition coefficient (Wildman–Crippen LogP) is 3.83. The number of H-pyrrole nitrogens is 1. The van der Waals surface area contributed by atoms with Crippen LogP contribution in [0.15, 0.2) is 81.4 Å². The lowest BCUT2D eigenvalue weighted by atomic mass is 9.94. The second-order valence-corrected chi connectivity index (χ2v) is 9.80. The maximum atomic E-state index is 13.5. The molecule has 0 amide bonds. The Hall–Kier alpha value is -5.07. The van der Waals surface area contributed by atoms with E-state index in [-0.39, 0.29) is 30.3 Å². The lowest BCUT2D eigenvalue weighted by molar-refractivity contribution is -0.147. The smallest absolute Gasteiger partial charge is 0.387 e. The Balaban J connectivity index is 1.68. The van der Waals surface area contributed by atoms with Crippen LogP contribution in [0.5, 0.6) is 17.4 Å². The molecule has 0 aliphatic rings. The number of nitrogens with zero attached hydrogens (tertiary/aromatic N) is 4. The Labute approximate surface area is 232 Å². The molecule has 0 aliphatic heterocycles. The normalized spacial score (nSPS) is 12.0. The number of pyridine rings is 1. The summed E-state index contributed by atoms with van der Waals surface area (Å²) in [5.41, 5.74) is -0.747. The van der Waals surface area contributed by atoms with E-state index in [4.69, 9.17) is 4.74 Å². The molecule has 0 atom stereocenters. The van der Waals surface area contributed by atoms with E-state index in [2.05, 4.69) is 19.7 Å². The zero-order chi connectivity index (χ0) is 29.7. The predicted molar refractivity (Wildman–Crippen MR) is 144 cm³/mol. The summed E-state index contributed by atoms with van der Waals surface area (Å²) in [6, 6.07) is 16.4. The molecule has 2 N–H and O–H groups in total. The van der Waals surface area contributed by atoms with Crippen LogP contribution in [0.2, 0.25) is 0 Å². The summed E-state index contributed by atoms with van der Waals surface area (Å²) in [6.45, 7) is 1.54. The lowest BCUT2D eigenvalue weighted by Gasteiger charge is -2.20. The van der Waals surface area contributed by atoms with Crippen LogP contribution in [0.25, 0.3) is 0 Å². The molecule has 41 heavy (non-hydrogen) atoms. The van der Waals surface area contributed by atoms with Gasteiger partial charge in [0.15, 0.2) is 0 Å². The van der Waals surface area contributed by atoms with Crippen LogP contribution in [-0.2, 0) is 17.9 Å². The quantitative estimate of drug-likeness (QED) is 0.297. The first kappa shape index (κ1) is 28.9. The number of carboxylic acids is 1. The molecule has 214 valence electrons. The van der Waals surface area contributed by atoms with Crippen molar-refractivity contribution in [2.75, 3.05) is 0 Å². The summed E-state index contributed by atoms with van der Waals surface area (Å²) in [6.07, 6.45) is 1.11. The SMILES string of the molecule is Cc1ccc(Cn2c(=O)n(CC(C)(C)C(=O)O)c(=O)[nH]/c2=N\c2ccc(Oc3ccc(OC(F)F)cn3)cc2)cc1. The van der Waals surface area contributed by atoms with E-state index < -0.39 is 29.4 Å². The van der Waals surface area contributed by atoms with Crippen molar-refractivity contribution in [2.45, 2.75) is 40.5 Å². The van der Waals surface area contributed by atoms with Crippen LogP contribution >= 0.6 is 0 Å². The van der Waals surface area contributed by atoms with Gasteiger partial charge in [-0.2, -0.15) is 8.78 Å². The number of hydrogen-bond donors (Lipinski definition) is 2. The zero-order valence-electron chi connectivity index (χ0n) is 22.4. The molecule has 4 aromatic rings. The van der Waals surface area contributed by atoms with Crippen LogP contribution in [0.1, 0.15) is 25.0 Å². The molecule has 0 spiro atoms. The number of benzene rings is 2. The molecule has 13 heteroatoms. The van der Waals surface area contributed by atoms with Crippen molar-refractivity contribution in [3.8, 4) is 17.4 Å². The fraction of sp³-hybridized carbons (Fsp3) is 0.250. The number of carboxylic acid groups (broad SMARTS) is 1. The highest BCUT2D eigenvalue weighted by Crippen LogP contribution is 2.24. The summed E-state index contributed by atoms with van der Waals surface area (Å²) < 4.78 is 36.6. The number of aromatic nitrogens is 4. The van der Waals surface area contributed by atoms with Crippen molar-refractivity contribution in [1.82, 2.24) is 19.1 Å². The van der Waals surface area contributed by atoms with Crippen molar-refractivity contribution >= 4 is 11.7 Å². The third kappa shape index (κ3) is 7.32. The van der Waals surface area contributed by atoms with E-state index in [1.807, 2.05) is 31.2 Å². The largest absolute Gasteiger partial charge is 0.481 e. The van der Waals surface area contributed by atoms with Gasteiger partial charge in [0.1, 0.15) is 11.5 Å². The van der Waals surface area contributed by atoms with Crippen molar-refractivity contribution in [2.24, 2.45) is 10.4 Å². The zero-order valence-corrected chi connectivity index (χ0v) is 22.4. The molecule has 11 nitrogen and oxygen atoms in total. The topological polar surface area (TPSA) is 141 Å². The van der Waals surface area contributed by atoms with Gasteiger partial charge in [-0.3, -0.25) is 14.3 Å². The number of aromatic amines is 1. The summed E-state index contributed by atoms with van der Waals surface area (Å²) in [5.74, 6) is -0.753. The van der Waals surface area contributed by atoms with E-state index in [0.717, 1.165) is 21.9 Å². The lowest BCUT2D eigenvalue weighted by Crippen LogP contribution is -2.52. The van der Waals surface area contributed by atoms with E-state index in [1.54, 1.807) is 24.3 Å². The number of nitrogens with one attached hydrogen (secondary N) is 1. The standard InChI is InChI=1S/C28H27F2N5O6/c1-17-4-6-18(7-5-17)15-34-25(33-26(38)35(27(34)39)16-28(2,3)23(36)37)32-19-8-10-20(11-9-19)40-22-13-12-21(14-31-22)41-24(29)30/h4-14,24H,15-16H2,1-3H3,(H,36,37)(H,32,33,38). The molecular weight excluding hydrogens is 540 g/mol. The third-order valence-corrected chi connectivity index (χ3v) is 6.00. The summed E-state index contributed by atoms with van der Waals surface area (Å²) in [7, 11) is 0. The first-order chi connectivity index (χ1) is 19.4. The minimum absolute atomic E-state index is 0.0325. The summed E-state index contributed by atoms with van der Waals surface area (Å²) >= 11 is 0. The molecule has 2 aromatic carbocycles. The third-order valence-electron chi connectivity index (χ3n) is 6.00. The minimum Gasteiger partial charge on any atom is -0.481 e. The second-order valence-electron chi connectivity index (χ2n) is 9.80. The molecule has 4 rings (SSSR count). The molecule has 0 bridgehead atoms. The van der Waals surface area contributed by atoms with E-state index in [1.165, 1.54) is 30.5 Å². The van der Waals surface area contributed by atoms with Gasteiger partial charge in [0.2, 0.25) is 11.5 Å². The van der Waals surface area contributed by atoms with Gasteiger partial charge in [-0.25, -0.2) is 24.1 Å². The van der Waals surface area contributed by atoms with Gasteiger partial charge >= 0.3 is 24.0 Å². The molecule has 0 aliphatic carbocycles. The Bertz CT molecular complexity index is 1710. The number of rotatable bonds is 10. The molecule has 0 radical (unpaired) electrons. The highest BCUT2D eigenvalue weighted by atomic mass is 19.3. The number of carbonyl (C=O) groups is 1. The maximum absolute atomic E-state index is 13.5. The number of halogens is 2. The van der Waals surface area contributed by atoms with Gasteiger partial charge in [-0.05, 0) is 56.7 Å². The van der Waals surface area contributed by atoms with Gasteiger partial charge in [-0.15, -0.1) is 0 Å². The first-order valence-electron chi connectivity index (χ1n) is 12.4. The second kappa shape index (κ2) is 12.0. The number of hydrogen-bond acceptors (Lipinski definition) is 7. The highest BCUT2D eigenvalue weighted by Gasteiger charge is 2.29. The van der Waals surface area contributed by atoms with Crippen molar-refractivity contribution in [1.29, 1.82) is 0 Å². The molecule has 2 aromatic heterocycles. The molecule has 0 fully saturated rings. The molecule has 2 heterocycles. The fourth-order valence-electron chi connectivity index (χ4n) is 3.69. The van der Waals surface area contributed by atoms with Crippen LogP contribution < -0.4 is 26.5 Å². The van der Waals surface area contributed by atoms with Gasteiger partial charge in [0, 0.05) is 12.6 Å². The highest BCUT2D eigenvalue weighted by molar-refractivity contribution is 5.73. The van der Waals surface area contributed by atoms with E-state index in [0.29, 0.717) is 11.4 Å². The Kier molecular flexibility index (Phi) is 8.45. The summed E-state index contributed by atoms with van der Waals surface area (Å²) in [4.78, 5) is 49.0. The molecule has 0 saturated carbocycles. The van der Waals surface area contributed by atoms with Crippen LogP contribution in [0.3, 0.4) is 0 Å². The van der Waals surface area contributed by atoms with Crippen LogP contribution in [0.4, 0.5) is 14.5 Å². The first-order valence-corrected chi connectivity index (χ1v) is 12.4. The van der Waals surface area contributed by atoms with Crippen LogP contribution in [-0.4, -0.2) is 36.8 Å². The van der Waals surface area contributed by atoms with E-state index >= 15 is 0 Å².